The van der Waals surface area contributed by atoms with Crippen molar-refractivity contribution >= 4 is 17.3 Å². The third-order valence-corrected chi connectivity index (χ3v) is 2.32. The number of benzene rings is 1. The predicted molar refractivity (Wildman–Crippen MR) is 63.0 cm³/mol. The second-order valence-electron chi connectivity index (χ2n) is 3.63. The van der Waals surface area contributed by atoms with Crippen molar-refractivity contribution in [2.45, 2.75) is 19.4 Å². The summed E-state index contributed by atoms with van der Waals surface area (Å²) < 4.78 is 25.5. The Kier molecular flexibility index (Phi) is 4.25. The Morgan fingerprint density at radius 1 is 1.41 bits per heavy atom. The SMILES string of the molecule is CNC(=O)C(C)Nc1ccc(N)cc1C(F)F. The zero-order chi connectivity index (χ0) is 13.0. The molecule has 1 aromatic rings. The quantitative estimate of drug-likeness (QED) is 0.706. The molecular formula is C11H15F2N3O. The van der Waals surface area contributed by atoms with Gasteiger partial charge in [0.25, 0.3) is 6.43 Å². The number of amides is 1. The van der Waals surface area contributed by atoms with Crippen molar-refractivity contribution in [3.05, 3.63) is 23.8 Å². The molecule has 0 aliphatic heterocycles. The summed E-state index contributed by atoms with van der Waals surface area (Å²) in [4.78, 5) is 11.3. The molecule has 1 rings (SSSR count). The van der Waals surface area contributed by atoms with Crippen molar-refractivity contribution < 1.29 is 13.6 Å². The smallest absolute Gasteiger partial charge is 0.265 e. The van der Waals surface area contributed by atoms with Crippen molar-refractivity contribution in [1.82, 2.24) is 5.32 Å². The highest BCUT2D eigenvalue weighted by Gasteiger charge is 2.17. The molecule has 0 aromatic heterocycles. The number of anilines is 2. The molecule has 1 atom stereocenters. The van der Waals surface area contributed by atoms with Gasteiger partial charge in [0.1, 0.15) is 6.04 Å². The zero-order valence-corrected chi connectivity index (χ0v) is 9.63. The summed E-state index contributed by atoms with van der Waals surface area (Å²) >= 11 is 0. The summed E-state index contributed by atoms with van der Waals surface area (Å²) in [5.41, 5.74) is 5.71. The van der Waals surface area contributed by atoms with Gasteiger partial charge in [0, 0.05) is 24.0 Å². The van der Waals surface area contributed by atoms with Crippen LogP contribution in [0.5, 0.6) is 0 Å². The van der Waals surface area contributed by atoms with Crippen LogP contribution in [-0.2, 0) is 4.79 Å². The van der Waals surface area contributed by atoms with Crippen molar-refractivity contribution in [2.75, 3.05) is 18.1 Å². The molecule has 94 valence electrons. The average Bonchev–Trinajstić information content (AvgIpc) is 2.29. The van der Waals surface area contributed by atoms with E-state index < -0.39 is 12.5 Å². The summed E-state index contributed by atoms with van der Waals surface area (Å²) in [6.07, 6.45) is -2.64. The molecule has 0 aliphatic carbocycles. The van der Waals surface area contributed by atoms with Gasteiger partial charge in [0.05, 0.1) is 0 Å². The molecule has 0 radical (unpaired) electrons. The maximum absolute atomic E-state index is 12.7. The van der Waals surface area contributed by atoms with E-state index in [1.165, 1.54) is 25.2 Å². The number of hydrogen-bond acceptors (Lipinski definition) is 3. The molecule has 0 saturated carbocycles. The molecule has 0 fully saturated rings. The first-order valence-corrected chi connectivity index (χ1v) is 5.11. The lowest BCUT2D eigenvalue weighted by molar-refractivity contribution is -0.121. The molecule has 6 heteroatoms. The maximum atomic E-state index is 12.7. The second kappa shape index (κ2) is 5.47. The predicted octanol–water partition coefficient (Wildman–Crippen LogP) is 1.75. The third-order valence-electron chi connectivity index (χ3n) is 2.32. The van der Waals surface area contributed by atoms with Crippen LogP contribution in [0.3, 0.4) is 0 Å². The van der Waals surface area contributed by atoms with Gasteiger partial charge in [0.15, 0.2) is 0 Å². The molecule has 0 bridgehead atoms. The van der Waals surface area contributed by atoms with Crippen LogP contribution in [0.2, 0.25) is 0 Å². The first kappa shape index (κ1) is 13.2. The minimum Gasteiger partial charge on any atom is -0.399 e. The highest BCUT2D eigenvalue weighted by molar-refractivity contribution is 5.84. The Morgan fingerprint density at radius 2 is 2.06 bits per heavy atom. The number of alkyl halides is 2. The molecule has 1 unspecified atom stereocenters. The van der Waals surface area contributed by atoms with Gasteiger partial charge in [-0.15, -0.1) is 0 Å². The number of carbonyl (C=O) groups is 1. The Labute approximate surface area is 98.2 Å². The fraction of sp³-hybridized carbons (Fsp3) is 0.364. The molecule has 0 saturated heterocycles. The fourth-order valence-electron chi connectivity index (χ4n) is 1.41. The molecule has 4 nitrogen and oxygen atoms in total. The molecular weight excluding hydrogens is 228 g/mol. The largest absolute Gasteiger partial charge is 0.399 e. The Morgan fingerprint density at radius 3 is 2.59 bits per heavy atom. The normalized spacial score (nSPS) is 12.3. The molecule has 4 N–H and O–H groups in total. The van der Waals surface area contributed by atoms with Gasteiger partial charge in [-0.2, -0.15) is 0 Å². The lowest BCUT2D eigenvalue weighted by atomic mass is 10.1. The van der Waals surface area contributed by atoms with Gasteiger partial charge in [-0.25, -0.2) is 8.78 Å². The van der Waals surface area contributed by atoms with Crippen LogP contribution in [0.15, 0.2) is 18.2 Å². The minimum atomic E-state index is -2.64. The van der Waals surface area contributed by atoms with E-state index in [4.69, 9.17) is 5.73 Å². The van der Waals surface area contributed by atoms with E-state index in [0.29, 0.717) is 0 Å². The standard InChI is InChI=1S/C11H15F2N3O/c1-6(11(17)15-2)16-9-4-3-7(14)5-8(9)10(12)13/h3-6,10,16H,14H2,1-2H3,(H,15,17). The molecule has 17 heavy (non-hydrogen) atoms. The van der Waals surface area contributed by atoms with E-state index in [1.54, 1.807) is 6.92 Å². The van der Waals surface area contributed by atoms with E-state index >= 15 is 0 Å². The Balaban J connectivity index is 2.94. The van der Waals surface area contributed by atoms with Gasteiger partial charge in [-0.05, 0) is 25.1 Å². The lowest BCUT2D eigenvalue weighted by Crippen LogP contribution is -2.35. The molecule has 1 amide bonds. The summed E-state index contributed by atoms with van der Waals surface area (Å²) in [5, 5.41) is 5.15. The summed E-state index contributed by atoms with van der Waals surface area (Å²) in [7, 11) is 1.48. The van der Waals surface area contributed by atoms with E-state index in [1.807, 2.05) is 0 Å². The van der Waals surface area contributed by atoms with Crippen LogP contribution in [0.25, 0.3) is 0 Å². The van der Waals surface area contributed by atoms with E-state index in [0.717, 1.165) is 0 Å². The molecule has 0 heterocycles. The summed E-state index contributed by atoms with van der Waals surface area (Å²) in [5.74, 6) is -0.276. The van der Waals surface area contributed by atoms with Gasteiger partial charge in [-0.3, -0.25) is 4.79 Å². The van der Waals surface area contributed by atoms with Gasteiger partial charge >= 0.3 is 0 Å². The van der Waals surface area contributed by atoms with Crippen LogP contribution in [0.1, 0.15) is 18.9 Å². The zero-order valence-electron chi connectivity index (χ0n) is 9.63. The van der Waals surface area contributed by atoms with Crippen LogP contribution in [-0.4, -0.2) is 19.0 Å². The van der Waals surface area contributed by atoms with Crippen LogP contribution >= 0.6 is 0 Å². The summed E-state index contributed by atoms with van der Waals surface area (Å²) in [6, 6.07) is 3.55. The first-order chi connectivity index (χ1) is 7.95. The van der Waals surface area contributed by atoms with Crippen LogP contribution < -0.4 is 16.4 Å². The summed E-state index contributed by atoms with van der Waals surface area (Å²) in [6.45, 7) is 1.59. The average molecular weight is 243 g/mol. The van der Waals surface area contributed by atoms with Crippen molar-refractivity contribution in [3.8, 4) is 0 Å². The highest BCUT2D eigenvalue weighted by atomic mass is 19.3. The maximum Gasteiger partial charge on any atom is 0.265 e. The van der Waals surface area contributed by atoms with Crippen molar-refractivity contribution in [3.63, 3.8) is 0 Å². The molecule has 0 spiro atoms. The number of rotatable bonds is 4. The third kappa shape index (κ3) is 3.30. The van der Waals surface area contributed by atoms with Crippen molar-refractivity contribution in [1.29, 1.82) is 0 Å². The monoisotopic (exact) mass is 243 g/mol. The number of nitrogen functional groups attached to an aromatic ring is 1. The Bertz CT molecular complexity index is 410. The highest BCUT2D eigenvalue weighted by Crippen LogP contribution is 2.29. The number of nitrogens with one attached hydrogen (secondary N) is 2. The Hall–Kier alpha value is -1.85. The van der Waals surface area contributed by atoms with Gasteiger partial charge < -0.3 is 16.4 Å². The number of nitrogens with two attached hydrogens (primary N) is 1. The van der Waals surface area contributed by atoms with Crippen LogP contribution in [0.4, 0.5) is 20.2 Å². The topological polar surface area (TPSA) is 67.2 Å². The number of carbonyl (C=O) groups excluding carboxylic acids is 1. The first-order valence-electron chi connectivity index (χ1n) is 5.11. The molecule has 1 aromatic carbocycles. The van der Waals surface area contributed by atoms with E-state index in [-0.39, 0.29) is 22.8 Å². The second-order valence-corrected chi connectivity index (χ2v) is 3.63. The van der Waals surface area contributed by atoms with Gasteiger partial charge in [-0.1, -0.05) is 0 Å². The minimum absolute atomic E-state index is 0.208. The van der Waals surface area contributed by atoms with Crippen molar-refractivity contribution in [2.24, 2.45) is 0 Å². The fourth-order valence-corrected chi connectivity index (χ4v) is 1.41. The van der Waals surface area contributed by atoms with E-state index in [9.17, 15) is 13.6 Å². The molecule has 0 aliphatic rings. The number of halogens is 2. The number of hydrogen-bond donors (Lipinski definition) is 3. The van der Waals surface area contributed by atoms with Crippen LogP contribution in [0, 0.1) is 0 Å². The van der Waals surface area contributed by atoms with E-state index in [2.05, 4.69) is 10.6 Å². The number of likely N-dealkylation sites (N-methyl/N-ethyl adjacent to an activating group) is 1. The van der Waals surface area contributed by atoms with Gasteiger partial charge in [0.2, 0.25) is 5.91 Å². The lowest BCUT2D eigenvalue weighted by Gasteiger charge is -2.17.